The number of thiocarbonyl (C=S) groups is 1. The van der Waals surface area contributed by atoms with Gasteiger partial charge in [-0.25, -0.2) is 0 Å². The van der Waals surface area contributed by atoms with Crippen molar-refractivity contribution in [3.63, 3.8) is 0 Å². The normalized spacial score (nSPS) is 10.9. The van der Waals surface area contributed by atoms with Crippen molar-refractivity contribution in [2.45, 2.75) is 32.8 Å². The summed E-state index contributed by atoms with van der Waals surface area (Å²) in [4.78, 5) is 0. The molecule has 0 radical (unpaired) electrons. The molecule has 1 unspecified atom stereocenters. The van der Waals surface area contributed by atoms with Crippen molar-refractivity contribution in [2.75, 3.05) is 12.4 Å². The maximum Gasteiger partial charge on any atom is 0.261 e. The SMILES string of the molecule is CCC#CCC(C)OC(=S)Nc1ccc(OC)cc1. The standard InChI is InChI=1S/C15H19NO2S/c1-4-5-6-7-12(2)18-15(19)16-13-8-10-14(17-3)11-9-13/h8-12H,4,7H2,1-3H3,(H,16,19). The third-order valence-corrected chi connectivity index (χ3v) is 2.53. The molecule has 1 atom stereocenters. The van der Waals surface area contributed by atoms with Gasteiger partial charge in [-0.1, -0.05) is 12.8 Å². The van der Waals surface area contributed by atoms with E-state index in [4.69, 9.17) is 21.7 Å². The van der Waals surface area contributed by atoms with Crippen LogP contribution in [0.3, 0.4) is 0 Å². The van der Waals surface area contributed by atoms with Gasteiger partial charge in [-0.15, -0.1) is 5.92 Å². The third-order valence-electron chi connectivity index (χ3n) is 2.34. The first kappa shape index (κ1) is 15.3. The van der Waals surface area contributed by atoms with Gasteiger partial charge in [0.25, 0.3) is 5.17 Å². The molecule has 0 amide bonds. The lowest BCUT2D eigenvalue weighted by Gasteiger charge is -2.14. The quantitative estimate of drug-likeness (QED) is 0.673. The van der Waals surface area contributed by atoms with Crippen LogP contribution in [-0.4, -0.2) is 18.4 Å². The molecule has 102 valence electrons. The summed E-state index contributed by atoms with van der Waals surface area (Å²) in [6.45, 7) is 3.97. The van der Waals surface area contributed by atoms with Gasteiger partial charge in [-0.05, 0) is 43.4 Å². The van der Waals surface area contributed by atoms with E-state index in [0.717, 1.165) is 17.9 Å². The van der Waals surface area contributed by atoms with E-state index in [1.54, 1.807) is 7.11 Å². The van der Waals surface area contributed by atoms with Crippen LogP contribution in [0.25, 0.3) is 0 Å². The summed E-state index contributed by atoms with van der Waals surface area (Å²) in [5.74, 6) is 6.85. The van der Waals surface area contributed by atoms with E-state index in [0.29, 0.717) is 11.6 Å². The molecule has 0 heterocycles. The number of hydrogen-bond donors (Lipinski definition) is 1. The summed E-state index contributed by atoms with van der Waals surface area (Å²) < 4.78 is 10.6. The summed E-state index contributed by atoms with van der Waals surface area (Å²) in [6, 6.07) is 7.49. The lowest BCUT2D eigenvalue weighted by atomic mass is 10.3. The van der Waals surface area contributed by atoms with Gasteiger partial charge in [0.15, 0.2) is 0 Å². The van der Waals surface area contributed by atoms with Gasteiger partial charge >= 0.3 is 0 Å². The molecule has 1 N–H and O–H groups in total. The number of anilines is 1. The zero-order chi connectivity index (χ0) is 14.1. The Kier molecular flexibility index (Phi) is 6.76. The van der Waals surface area contributed by atoms with Crippen molar-refractivity contribution >= 4 is 23.1 Å². The first-order valence-corrected chi connectivity index (χ1v) is 6.64. The van der Waals surface area contributed by atoms with E-state index < -0.39 is 0 Å². The summed E-state index contributed by atoms with van der Waals surface area (Å²) >= 11 is 5.14. The van der Waals surface area contributed by atoms with Gasteiger partial charge < -0.3 is 14.8 Å². The maximum absolute atomic E-state index is 5.54. The molecule has 0 aliphatic rings. The number of ether oxygens (including phenoxy) is 2. The maximum atomic E-state index is 5.54. The predicted molar refractivity (Wildman–Crippen MR) is 82.4 cm³/mol. The van der Waals surface area contributed by atoms with E-state index in [2.05, 4.69) is 17.2 Å². The number of rotatable bonds is 4. The van der Waals surface area contributed by atoms with Crippen LogP contribution in [0.5, 0.6) is 5.75 Å². The second kappa shape index (κ2) is 8.39. The van der Waals surface area contributed by atoms with Crippen LogP contribution in [-0.2, 0) is 4.74 Å². The van der Waals surface area contributed by atoms with E-state index in [-0.39, 0.29) is 6.10 Å². The van der Waals surface area contributed by atoms with Gasteiger partial charge in [-0.3, -0.25) is 0 Å². The average Bonchev–Trinajstić information content (AvgIpc) is 2.39. The van der Waals surface area contributed by atoms with Crippen molar-refractivity contribution in [2.24, 2.45) is 0 Å². The molecule has 0 fully saturated rings. The molecule has 4 heteroatoms. The highest BCUT2D eigenvalue weighted by Crippen LogP contribution is 2.15. The molecule has 1 aromatic rings. The zero-order valence-corrected chi connectivity index (χ0v) is 12.3. The fourth-order valence-electron chi connectivity index (χ4n) is 1.39. The fraction of sp³-hybridized carbons (Fsp3) is 0.400. The highest BCUT2D eigenvalue weighted by molar-refractivity contribution is 7.80. The van der Waals surface area contributed by atoms with E-state index in [1.165, 1.54) is 0 Å². The van der Waals surface area contributed by atoms with Crippen molar-refractivity contribution in [3.05, 3.63) is 24.3 Å². The van der Waals surface area contributed by atoms with Crippen molar-refractivity contribution < 1.29 is 9.47 Å². The van der Waals surface area contributed by atoms with Crippen molar-refractivity contribution in [3.8, 4) is 17.6 Å². The van der Waals surface area contributed by atoms with Gasteiger partial charge in [0.05, 0.1) is 7.11 Å². The molecule has 0 aliphatic carbocycles. The summed E-state index contributed by atoms with van der Waals surface area (Å²) in [5.41, 5.74) is 0.873. The second-order valence-electron chi connectivity index (χ2n) is 3.98. The summed E-state index contributed by atoms with van der Waals surface area (Å²) in [7, 11) is 1.63. The molecule has 0 aromatic heterocycles. The molecule has 0 spiro atoms. The molecule has 0 saturated heterocycles. The van der Waals surface area contributed by atoms with Crippen LogP contribution >= 0.6 is 12.2 Å². The zero-order valence-electron chi connectivity index (χ0n) is 11.5. The Hall–Kier alpha value is -1.73. The molecule has 1 rings (SSSR count). The van der Waals surface area contributed by atoms with E-state index in [9.17, 15) is 0 Å². The van der Waals surface area contributed by atoms with Gasteiger partial charge in [0, 0.05) is 18.5 Å². The Morgan fingerprint density at radius 1 is 1.32 bits per heavy atom. The van der Waals surface area contributed by atoms with Crippen LogP contribution < -0.4 is 10.1 Å². The largest absolute Gasteiger partial charge is 0.497 e. The van der Waals surface area contributed by atoms with E-state index in [1.807, 2.05) is 38.1 Å². The second-order valence-corrected chi connectivity index (χ2v) is 4.35. The Bertz CT molecular complexity index is 459. The van der Waals surface area contributed by atoms with Gasteiger partial charge in [0.1, 0.15) is 11.9 Å². The molecule has 19 heavy (non-hydrogen) atoms. The minimum atomic E-state index is -0.0164. The predicted octanol–water partition coefficient (Wildman–Crippen LogP) is 3.60. The molecule has 0 aliphatic heterocycles. The monoisotopic (exact) mass is 277 g/mol. The third kappa shape index (κ3) is 6.12. The smallest absolute Gasteiger partial charge is 0.261 e. The Morgan fingerprint density at radius 2 is 2.00 bits per heavy atom. The number of nitrogens with one attached hydrogen (secondary N) is 1. The Balaban J connectivity index is 2.41. The van der Waals surface area contributed by atoms with Crippen LogP contribution in [0.2, 0.25) is 0 Å². The number of hydrogen-bond acceptors (Lipinski definition) is 3. The molecule has 3 nitrogen and oxygen atoms in total. The topological polar surface area (TPSA) is 30.5 Å². The fourth-order valence-corrected chi connectivity index (χ4v) is 1.67. The van der Waals surface area contributed by atoms with E-state index >= 15 is 0 Å². The lowest BCUT2D eigenvalue weighted by molar-refractivity contribution is 0.220. The summed E-state index contributed by atoms with van der Waals surface area (Å²) in [6.07, 6.45) is 1.52. The van der Waals surface area contributed by atoms with Crippen LogP contribution in [0.15, 0.2) is 24.3 Å². The minimum Gasteiger partial charge on any atom is -0.497 e. The van der Waals surface area contributed by atoms with Crippen LogP contribution in [0.1, 0.15) is 26.7 Å². The molecular weight excluding hydrogens is 258 g/mol. The molecular formula is C15H19NO2S. The first-order chi connectivity index (χ1) is 9.15. The van der Waals surface area contributed by atoms with Gasteiger partial charge in [-0.2, -0.15) is 0 Å². The minimum absolute atomic E-state index is 0.0164. The molecule has 0 saturated carbocycles. The average molecular weight is 277 g/mol. The molecule has 0 bridgehead atoms. The lowest BCUT2D eigenvalue weighted by Crippen LogP contribution is -2.19. The number of methoxy groups -OCH3 is 1. The van der Waals surface area contributed by atoms with Crippen molar-refractivity contribution in [1.29, 1.82) is 0 Å². The van der Waals surface area contributed by atoms with Crippen LogP contribution in [0, 0.1) is 11.8 Å². The highest BCUT2D eigenvalue weighted by Gasteiger charge is 2.05. The first-order valence-electron chi connectivity index (χ1n) is 6.23. The Morgan fingerprint density at radius 3 is 2.58 bits per heavy atom. The summed E-state index contributed by atoms with van der Waals surface area (Å²) in [5, 5.41) is 3.38. The number of benzene rings is 1. The van der Waals surface area contributed by atoms with Gasteiger partial charge in [0.2, 0.25) is 0 Å². The highest BCUT2D eigenvalue weighted by atomic mass is 32.1. The molecule has 1 aromatic carbocycles. The van der Waals surface area contributed by atoms with Crippen LogP contribution in [0.4, 0.5) is 5.69 Å². The Labute approximate surface area is 120 Å². The van der Waals surface area contributed by atoms with Crippen molar-refractivity contribution in [1.82, 2.24) is 0 Å².